The van der Waals surface area contributed by atoms with Gasteiger partial charge in [0, 0.05) is 15.8 Å². The number of fused-ring (bicyclic) bond motifs is 1. The zero-order chi connectivity index (χ0) is 17.8. The lowest BCUT2D eigenvalue weighted by atomic mass is 10.0. The Hall–Kier alpha value is -2.65. The number of nitrogens with zero attached hydrogens (tertiary/aromatic N) is 2. The van der Waals surface area contributed by atoms with Crippen molar-refractivity contribution >= 4 is 39.9 Å². The fourth-order valence-corrected chi connectivity index (χ4v) is 2.90. The van der Waals surface area contributed by atoms with Crippen LogP contribution in [-0.2, 0) is 9.37 Å². The average molecular weight is 357 g/mol. The normalized spacial score (nSPS) is 11.4. The molecule has 0 bridgehead atoms. The lowest BCUT2D eigenvalue weighted by molar-refractivity contribution is -0.432. The Morgan fingerprint density at radius 1 is 1.08 bits per heavy atom. The van der Waals surface area contributed by atoms with E-state index in [1.54, 1.807) is 25.1 Å². The number of rotatable bonds is 5. The molecule has 0 aliphatic heterocycles. The van der Waals surface area contributed by atoms with Crippen LogP contribution >= 0.6 is 12.0 Å². The Morgan fingerprint density at radius 3 is 2.56 bits per heavy atom. The first-order chi connectivity index (χ1) is 12.1. The van der Waals surface area contributed by atoms with Crippen LogP contribution in [0.1, 0.15) is 5.56 Å². The topological polar surface area (TPSA) is 110 Å². The second kappa shape index (κ2) is 7.49. The van der Waals surface area contributed by atoms with Crippen molar-refractivity contribution in [3.05, 3.63) is 54.1 Å². The van der Waals surface area contributed by atoms with E-state index < -0.39 is 0 Å². The van der Waals surface area contributed by atoms with E-state index in [0.29, 0.717) is 38.3 Å². The van der Waals surface area contributed by atoms with E-state index in [4.69, 9.17) is 11.0 Å². The van der Waals surface area contributed by atoms with Gasteiger partial charge < -0.3 is 10.8 Å². The average Bonchev–Trinajstić information content (AvgIpc) is 2.63. The Labute approximate surface area is 147 Å². The lowest BCUT2D eigenvalue weighted by Gasteiger charge is -2.12. The third-order valence-corrected chi connectivity index (χ3v) is 4.42. The third kappa shape index (κ3) is 3.57. The van der Waals surface area contributed by atoms with Crippen LogP contribution in [0.25, 0.3) is 10.8 Å². The molecule has 0 aromatic heterocycles. The molecule has 0 unspecified atom stereocenters. The molecular formula is C17H15N3O4S. The number of benzene rings is 3. The van der Waals surface area contributed by atoms with E-state index in [0.717, 1.165) is 12.0 Å². The smallest absolute Gasteiger partial charge is 0.129 e. The first-order valence-corrected chi connectivity index (χ1v) is 8.02. The lowest BCUT2D eigenvalue weighted by Crippen LogP contribution is -1.92. The standard InChI is InChI=1S/C17H15N3O4S/c1-10-14(25-24-23-22)9-11-7-8-13(16(18)15(11)17(10)21)20-19-12-5-3-2-4-6-12/h2-9,21-22H,18H2,1H3. The van der Waals surface area contributed by atoms with Crippen molar-refractivity contribution in [3.8, 4) is 5.75 Å². The van der Waals surface area contributed by atoms with Crippen LogP contribution in [0.2, 0.25) is 0 Å². The first-order valence-electron chi connectivity index (χ1n) is 7.28. The molecule has 4 N–H and O–H groups in total. The van der Waals surface area contributed by atoms with Crippen LogP contribution in [0.5, 0.6) is 5.75 Å². The van der Waals surface area contributed by atoms with Crippen LogP contribution in [0.3, 0.4) is 0 Å². The summed E-state index contributed by atoms with van der Waals surface area (Å²) in [5.41, 5.74) is 8.22. The third-order valence-electron chi connectivity index (χ3n) is 3.69. The van der Waals surface area contributed by atoms with E-state index in [2.05, 4.69) is 19.6 Å². The summed E-state index contributed by atoms with van der Waals surface area (Å²) in [6.07, 6.45) is 0. The minimum absolute atomic E-state index is 0.0100. The van der Waals surface area contributed by atoms with Gasteiger partial charge in [-0.25, -0.2) is 5.26 Å². The predicted octanol–water partition coefficient (Wildman–Crippen LogP) is 5.28. The number of azo groups is 1. The zero-order valence-corrected chi connectivity index (χ0v) is 14.0. The summed E-state index contributed by atoms with van der Waals surface area (Å²) in [4.78, 5) is 0.581. The van der Waals surface area contributed by atoms with Crippen molar-refractivity contribution < 1.29 is 19.7 Å². The molecule has 128 valence electrons. The van der Waals surface area contributed by atoms with Gasteiger partial charge in [0.05, 0.1) is 23.4 Å². The molecule has 3 rings (SSSR count). The van der Waals surface area contributed by atoms with Gasteiger partial charge in [-0.15, -0.1) is 9.45 Å². The van der Waals surface area contributed by atoms with Gasteiger partial charge in [0.1, 0.15) is 11.4 Å². The fourth-order valence-electron chi connectivity index (χ4n) is 2.40. The highest BCUT2D eigenvalue weighted by Gasteiger charge is 2.15. The fraction of sp³-hybridized carbons (Fsp3) is 0.0588. The highest BCUT2D eigenvalue weighted by molar-refractivity contribution is 7.94. The van der Waals surface area contributed by atoms with E-state index >= 15 is 0 Å². The molecule has 0 spiro atoms. The number of nitrogen functional groups attached to an aromatic ring is 1. The van der Waals surface area contributed by atoms with Gasteiger partial charge >= 0.3 is 0 Å². The maximum absolute atomic E-state index is 10.5. The molecule has 0 amide bonds. The molecule has 0 radical (unpaired) electrons. The molecular weight excluding hydrogens is 342 g/mol. The van der Waals surface area contributed by atoms with Gasteiger partial charge in [-0.2, -0.15) is 5.11 Å². The SMILES string of the molecule is Cc1c(SOOO)cc2ccc(N=Nc3ccccc3)c(N)c2c1O. The number of hydrogen-bond acceptors (Lipinski definition) is 8. The molecule has 25 heavy (non-hydrogen) atoms. The Morgan fingerprint density at radius 2 is 1.84 bits per heavy atom. The molecule has 0 heterocycles. The molecule has 0 fully saturated rings. The number of phenols is 1. The molecule has 0 aliphatic rings. The van der Waals surface area contributed by atoms with E-state index in [-0.39, 0.29) is 5.75 Å². The Balaban J connectivity index is 2.05. The summed E-state index contributed by atoms with van der Waals surface area (Å²) in [7, 11) is 0. The van der Waals surface area contributed by atoms with Crippen molar-refractivity contribution in [3.63, 3.8) is 0 Å². The van der Waals surface area contributed by atoms with Crippen LogP contribution in [0.15, 0.2) is 63.7 Å². The van der Waals surface area contributed by atoms with Crippen molar-refractivity contribution in [2.45, 2.75) is 11.8 Å². The summed E-state index contributed by atoms with van der Waals surface area (Å²) >= 11 is 0.779. The zero-order valence-electron chi connectivity index (χ0n) is 13.2. The van der Waals surface area contributed by atoms with Crippen LogP contribution in [0, 0.1) is 6.92 Å². The number of hydrogen-bond donors (Lipinski definition) is 3. The van der Waals surface area contributed by atoms with Crippen molar-refractivity contribution in [2.75, 3.05) is 5.73 Å². The van der Waals surface area contributed by atoms with Gasteiger partial charge in [-0.3, -0.25) is 0 Å². The predicted molar refractivity (Wildman–Crippen MR) is 96.0 cm³/mol. The molecule has 0 aliphatic carbocycles. The Kier molecular flexibility index (Phi) is 5.15. The summed E-state index contributed by atoms with van der Waals surface area (Å²) in [6, 6.07) is 14.5. The minimum Gasteiger partial charge on any atom is -0.507 e. The van der Waals surface area contributed by atoms with Gasteiger partial charge in [0.25, 0.3) is 0 Å². The first kappa shape index (κ1) is 17.2. The Bertz CT molecular complexity index is 932. The minimum atomic E-state index is 0.0100. The molecule has 8 heteroatoms. The molecule has 0 saturated heterocycles. The molecule has 3 aromatic carbocycles. The summed E-state index contributed by atoms with van der Waals surface area (Å²) < 4.78 is 4.44. The van der Waals surface area contributed by atoms with Gasteiger partial charge in [-0.05, 0) is 36.6 Å². The largest absolute Gasteiger partial charge is 0.507 e. The molecule has 0 saturated carbocycles. The van der Waals surface area contributed by atoms with Crippen LogP contribution in [0.4, 0.5) is 17.1 Å². The quantitative estimate of drug-likeness (QED) is 0.188. The van der Waals surface area contributed by atoms with Crippen molar-refractivity contribution in [2.24, 2.45) is 10.2 Å². The highest BCUT2D eigenvalue weighted by Crippen LogP contribution is 2.42. The summed E-state index contributed by atoms with van der Waals surface area (Å²) in [5.74, 6) is 0.0100. The number of nitrogens with two attached hydrogens (primary N) is 1. The second-order valence-corrected chi connectivity index (χ2v) is 5.95. The van der Waals surface area contributed by atoms with Gasteiger partial charge in [0.15, 0.2) is 0 Å². The van der Waals surface area contributed by atoms with Crippen molar-refractivity contribution in [1.82, 2.24) is 0 Å². The van der Waals surface area contributed by atoms with E-state index in [9.17, 15) is 5.11 Å². The van der Waals surface area contributed by atoms with Gasteiger partial charge in [0.2, 0.25) is 0 Å². The maximum Gasteiger partial charge on any atom is 0.129 e. The summed E-state index contributed by atoms with van der Waals surface area (Å²) in [6.45, 7) is 1.70. The maximum atomic E-state index is 10.5. The number of aromatic hydroxyl groups is 1. The molecule has 7 nitrogen and oxygen atoms in total. The number of anilines is 1. The monoisotopic (exact) mass is 357 g/mol. The molecule has 3 aromatic rings. The second-order valence-electron chi connectivity index (χ2n) is 5.21. The highest BCUT2D eigenvalue weighted by atomic mass is 32.2. The van der Waals surface area contributed by atoms with Crippen LogP contribution < -0.4 is 5.73 Å². The number of phenolic OH excluding ortho intramolecular Hbond substituents is 1. The molecule has 0 atom stereocenters. The van der Waals surface area contributed by atoms with Crippen LogP contribution in [-0.4, -0.2) is 10.4 Å². The van der Waals surface area contributed by atoms with E-state index in [1.165, 1.54) is 0 Å². The summed E-state index contributed by atoms with van der Waals surface area (Å²) in [5, 5.41) is 31.9. The van der Waals surface area contributed by atoms with E-state index in [1.807, 2.05) is 30.3 Å². The van der Waals surface area contributed by atoms with Gasteiger partial charge in [-0.1, -0.05) is 29.3 Å². The van der Waals surface area contributed by atoms with Crippen molar-refractivity contribution in [1.29, 1.82) is 0 Å².